The van der Waals surface area contributed by atoms with Crippen LogP contribution in [-0.2, 0) is 6.18 Å². The second kappa shape index (κ2) is 5.11. The number of anilines is 1. The fraction of sp³-hybridized carbons (Fsp3) is 0.556. The van der Waals surface area contributed by atoms with E-state index in [0.717, 1.165) is 6.07 Å². The molecular weight excluding hydrogens is 223 g/mol. The minimum Gasteiger partial charge on any atom is -0.396 e. The van der Waals surface area contributed by atoms with Gasteiger partial charge in [0, 0.05) is 12.6 Å². The fourth-order valence-corrected chi connectivity index (χ4v) is 1.08. The van der Waals surface area contributed by atoms with E-state index in [-0.39, 0.29) is 18.5 Å². The molecule has 0 fully saturated rings. The Labute approximate surface area is 90.5 Å². The highest BCUT2D eigenvalue weighted by Crippen LogP contribution is 2.27. The minimum absolute atomic E-state index is 0.00221. The predicted octanol–water partition coefficient (Wildman–Crippen LogP) is 1.68. The lowest BCUT2D eigenvalue weighted by atomic mass is 10.2. The molecule has 16 heavy (non-hydrogen) atoms. The van der Waals surface area contributed by atoms with E-state index in [0.29, 0.717) is 6.42 Å². The van der Waals surface area contributed by atoms with Gasteiger partial charge in [-0.1, -0.05) is 0 Å². The van der Waals surface area contributed by atoms with Crippen LogP contribution in [0.1, 0.15) is 19.0 Å². The summed E-state index contributed by atoms with van der Waals surface area (Å²) in [5.74, 6) is 0.258. The molecular formula is C9H12F3N3O. The van der Waals surface area contributed by atoms with Gasteiger partial charge in [-0.3, -0.25) is 0 Å². The van der Waals surface area contributed by atoms with E-state index < -0.39 is 11.9 Å². The average molecular weight is 235 g/mol. The molecule has 4 nitrogen and oxygen atoms in total. The molecule has 1 rings (SSSR count). The largest absolute Gasteiger partial charge is 0.435 e. The molecule has 1 aromatic rings. The van der Waals surface area contributed by atoms with Crippen LogP contribution >= 0.6 is 0 Å². The molecule has 0 aliphatic rings. The van der Waals surface area contributed by atoms with Crippen LogP contribution in [0.2, 0.25) is 0 Å². The third-order valence-corrected chi connectivity index (χ3v) is 1.91. The zero-order chi connectivity index (χ0) is 12.2. The van der Waals surface area contributed by atoms with Gasteiger partial charge in [0.25, 0.3) is 0 Å². The highest BCUT2D eigenvalue weighted by molar-refractivity contribution is 5.34. The molecule has 0 amide bonds. The first kappa shape index (κ1) is 12.7. The number of alkyl halides is 3. The van der Waals surface area contributed by atoms with Gasteiger partial charge >= 0.3 is 6.18 Å². The van der Waals surface area contributed by atoms with Crippen molar-refractivity contribution in [3.05, 3.63) is 17.8 Å². The lowest BCUT2D eigenvalue weighted by molar-refractivity contribution is -0.141. The van der Waals surface area contributed by atoms with Crippen molar-refractivity contribution in [2.24, 2.45) is 0 Å². The molecule has 7 heteroatoms. The van der Waals surface area contributed by atoms with Crippen LogP contribution in [0.4, 0.5) is 19.0 Å². The topological polar surface area (TPSA) is 58.0 Å². The Balaban J connectivity index is 2.65. The van der Waals surface area contributed by atoms with E-state index in [1.54, 1.807) is 6.92 Å². The summed E-state index contributed by atoms with van der Waals surface area (Å²) in [5, 5.41) is 17.9. The Kier molecular flexibility index (Phi) is 4.05. The Morgan fingerprint density at radius 3 is 2.50 bits per heavy atom. The van der Waals surface area contributed by atoms with Crippen molar-refractivity contribution in [3.63, 3.8) is 0 Å². The molecule has 0 spiro atoms. The number of aliphatic hydroxyl groups excluding tert-OH is 1. The van der Waals surface area contributed by atoms with Gasteiger partial charge in [0.05, 0.1) is 0 Å². The standard InChI is InChI=1S/C9H12F3N3O/c1-6(4-5-16)13-8-3-2-7(14-15-8)9(10,11)12/h2-3,6,16H,4-5H2,1H3,(H,13,15). The third-order valence-electron chi connectivity index (χ3n) is 1.91. The van der Waals surface area contributed by atoms with E-state index in [9.17, 15) is 13.2 Å². The first-order valence-corrected chi connectivity index (χ1v) is 4.72. The number of rotatable bonds is 4. The summed E-state index contributed by atoms with van der Waals surface area (Å²) in [6.45, 7) is 1.79. The van der Waals surface area contributed by atoms with E-state index in [1.807, 2.05) is 0 Å². The van der Waals surface area contributed by atoms with Crippen molar-refractivity contribution in [1.82, 2.24) is 10.2 Å². The molecule has 0 saturated carbocycles. The highest BCUT2D eigenvalue weighted by atomic mass is 19.4. The second-order valence-corrected chi connectivity index (χ2v) is 3.36. The van der Waals surface area contributed by atoms with E-state index in [4.69, 9.17) is 5.11 Å². The van der Waals surface area contributed by atoms with Crippen LogP contribution < -0.4 is 5.32 Å². The predicted molar refractivity (Wildman–Crippen MR) is 51.8 cm³/mol. The SMILES string of the molecule is CC(CCO)Nc1ccc(C(F)(F)F)nn1. The van der Waals surface area contributed by atoms with Gasteiger partial charge in [0.2, 0.25) is 0 Å². The first-order valence-electron chi connectivity index (χ1n) is 4.72. The summed E-state index contributed by atoms with van der Waals surface area (Å²) in [4.78, 5) is 0. The van der Waals surface area contributed by atoms with E-state index in [2.05, 4.69) is 15.5 Å². The molecule has 0 radical (unpaired) electrons. The lowest BCUT2D eigenvalue weighted by Gasteiger charge is -2.12. The van der Waals surface area contributed by atoms with Crippen LogP contribution in [0, 0.1) is 0 Å². The average Bonchev–Trinajstić information content (AvgIpc) is 2.17. The normalized spacial score (nSPS) is 13.6. The minimum atomic E-state index is -4.47. The summed E-state index contributed by atoms with van der Waals surface area (Å²) in [5.41, 5.74) is -1.02. The second-order valence-electron chi connectivity index (χ2n) is 3.36. The van der Waals surface area contributed by atoms with E-state index >= 15 is 0 Å². The van der Waals surface area contributed by atoms with Crippen LogP contribution in [0.15, 0.2) is 12.1 Å². The maximum Gasteiger partial charge on any atom is 0.435 e. The van der Waals surface area contributed by atoms with Crippen molar-refractivity contribution < 1.29 is 18.3 Å². The lowest BCUT2D eigenvalue weighted by Crippen LogP contribution is -2.18. The number of nitrogens with zero attached hydrogens (tertiary/aromatic N) is 2. The Hall–Kier alpha value is -1.37. The number of hydrogen-bond acceptors (Lipinski definition) is 4. The Morgan fingerprint density at radius 2 is 2.06 bits per heavy atom. The van der Waals surface area contributed by atoms with Crippen molar-refractivity contribution >= 4 is 5.82 Å². The molecule has 0 aliphatic heterocycles. The zero-order valence-corrected chi connectivity index (χ0v) is 8.62. The maximum absolute atomic E-state index is 12.1. The molecule has 0 aliphatic carbocycles. The number of nitrogens with one attached hydrogen (secondary N) is 1. The fourth-order valence-electron chi connectivity index (χ4n) is 1.08. The first-order chi connectivity index (χ1) is 7.43. The number of aromatic nitrogens is 2. The van der Waals surface area contributed by atoms with Crippen LogP contribution in [-0.4, -0.2) is 28.0 Å². The van der Waals surface area contributed by atoms with Gasteiger partial charge in [-0.15, -0.1) is 10.2 Å². The van der Waals surface area contributed by atoms with Gasteiger partial charge < -0.3 is 10.4 Å². The third kappa shape index (κ3) is 3.65. The molecule has 2 N–H and O–H groups in total. The molecule has 0 saturated heterocycles. The van der Waals surface area contributed by atoms with Crippen molar-refractivity contribution in [1.29, 1.82) is 0 Å². The van der Waals surface area contributed by atoms with Crippen molar-refractivity contribution in [2.45, 2.75) is 25.6 Å². The molecule has 0 aromatic carbocycles. The summed E-state index contributed by atoms with van der Waals surface area (Å²) < 4.78 is 36.4. The summed E-state index contributed by atoms with van der Waals surface area (Å²) in [7, 11) is 0. The maximum atomic E-state index is 12.1. The van der Waals surface area contributed by atoms with Gasteiger partial charge in [0.15, 0.2) is 5.69 Å². The van der Waals surface area contributed by atoms with Crippen LogP contribution in [0.25, 0.3) is 0 Å². The number of halogens is 3. The smallest absolute Gasteiger partial charge is 0.396 e. The van der Waals surface area contributed by atoms with Crippen molar-refractivity contribution in [3.8, 4) is 0 Å². The highest BCUT2D eigenvalue weighted by Gasteiger charge is 2.32. The molecule has 1 atom stereocenters. The van der Waals surface area contributed by atoms with Gasteiger partial charge in [-0.2, -0.15) is 13.2 Å². The van der Waals surface area contributed by atoms with Gasteiger partial charge in [-0.25, -0.2) is 0 Å². The van der Waals surface area contributed by atoms with Crippen molar-refractivity contribution in [2.75, 3.05) is 11.9 Å². The number of hydrogen-bond donors (Lipinski definition) is 2. The molecule has 90 valence electrons. The van der Waals surface area contributed by atoms with E-state index in [1.165, 1.54) is 6.07 Å². The summed E-state index contributed by atoms with van der Waals surface area (Å²) in [6.07, 6.45) is -3.98. The van der Waals surface area contributed by atoms with Gasteiger partial charge in [0.1, 0.15) is 5.82 Å². The summed E-state index contributed by atoms with van der Waals surface area (Å²) in [6, 6.07) is 2.00. The summed E-state index contributed by atoms with van der Waals surface area (Å²) >= 11 is 0. The molecule has 0 bridgehead atoms. The van der Waals surface area contributed by atoms with Gasteiger partial charge in [-0.05, 0) is 25.5 Å². The monoisotopic (exact) mass is 235 g/mol. The molecule has 1 aromatic heterocycles. The Bertz CT molecular complexity index is 326. The quantitative estimate of drug-likeness (QED) is 0.833. The molecule has 1 heterocycles. The zero-order valence-electron chi connectivity index (χ0n) is 8.62. The number of aliphatic hydroxyl groups is 1. The Morgan fingerprint density at radius 1 is 1.38 bits per heavy atom. The molecule has 1 unspecified atom stereocenters. The van der Waals surface area contributed by atoms with Crippen LogP contribution in [0.5, 0.6) is 0 Å². The van der Waals surface area contributed by atoms with Crippen LogP contribution in [0.3, 0.4) is 0 Å².